The van der Waals surface area contributed by atoms with Gasteiger partial charge in [0.15, 0.2) is 5.96 Å². The van der Waals surface area contributed by atoms with Gasteiger partial charge in [-0.15, -0.1) is 24.0 Å². The van der Waals surface area contributed by atoms with Gasteiger partial charge in [0.2, 0.25) is 5.91 Å². The van der Waals surface area contributed by atoms with E-state index in [9.17, 15) is 4.79 Å². The molecule has 0 atom stereocenters. The molecule has 2 fully saturated rings. The van der Waals surface area contributed by atoms with Crippen LogP contribution >= 0.6 is 24.0 Å². The fourth-order valence-corrected chi connectivity index (χ4v) is 4.60. The first-order chi connectivity index (χ1) is 15.6. The minimum Gasteiger partial charge on any atom is -0.352 e. The number of rotatable bonds is 5. The number of carbonyl (C=O) groups is 1. The smallest absolute Gasteiger partial charge is 0.246 e. The van der Waals surface area contributed by atoms with Gasteiger partial charge in [0.1, 0.15) is 6.54 Å². The van der Waals surface area contributed by atoms with Crippen molar-refractivity contribution in [2.75, 3.05) is 44.7 Å². The first-order valence-electron chi connectivity index (χ1n) is 11.7. The SMILES string of the molecule is CN=C(NCc1ccccc1CN1CCCCCC1)N1CCN(c2cnn(C)c2)C(=O)C1.I. The largest absolute Gasteiger partial charge is 0.352 e. The van der Waals surface area contributed by atoms with E-state index < -0.39 is 0 Å². The molecule has 180 valence electrons. The number of piperazine rings is 1. The quantitative estimate of drug-likeness (QED) is 0.343. The molecule has 0 unspecified atom stereocenters. The van der Waals surface area contributed by atoms with Crippen LogP contribution in [0.3, 0.4) is 0 Å². The van der Waals surface area contributed by atoms with Gasteiger partial charge >= 0.3 is 0 Å². The summed E-state index contributed by atoms with van der Waals surface area (Å²) < 4.78 is 1.72. The molecule has 2 saturated heterocycles. The predicted octanol–water partition coefficient (Wildman–Crippen LogP) is 2.84. The van der Waals surface area contributed by atoms with E-state index in [1.54, 1.807) is 22.8 Å². The second kappa shape index (κ2) is 12.4. The van der Waals surface area contributed by atoms with Crippen molar-refractivity contribution in [1.29, 1.82) is 0 Å². The molecule has 3 heterocycles. The maximum Gasteiger partial charge on any atom is 0.246 e. The van der Waals surface area contributed by atoms with Gasteiger partial charge in [0.25, 0.3) is 0 Å². The summed E-state index contributed by atoms with van der Waals surface area (Å²) in [6.07, 6.45) is 8.91. The summed E-state index contributed by atoms with van der Waals surface area (Å²) in [5.41, 5.74) is 3.51. The normalized spacial score (nSPS) is 18.1. The third kappa shape index (κ3) is 6.69. The number of anilines is 1. The highest BCUT2D eigenvalue weighted by Crippen LogP contribution is 2.18. The number of halogens is 1. The number of aliphatic imine (C=N–C) groups is 1. The van der Waals surface area contributed by atoms with Gasteiger partial charge in [-0.1, -0.05) is 37.1 Å². The minimum atomic E-state index is 0. The average molecular weight is 566 g/mol. The van der Waals surface area contributed by atoms with E-state index in [1.807, 2.05) is 18.1 Å². The van der Waals surface area contributed by atoms with Crippen LogP contribution < -0.4 is 10.2 Å². The van der Waals surface area contributed by atoms with E-state index in [-0.39, 0.29) is 29.9 Å². The van der Waals surface area contributed by atoms with E-state index in [2.05, 4.69) is 44.6 Å². The number of aryl methyl sites for hydroxylation is 1. The molecule has 0 bridgehead atoms. The molecular weight excluding hydrogens is 529 g/mol. The molecule has 8 nitrogen and oxygen atoms in total. The van der Waals surface area contributed by atoms with Crippen LogP contribution in [0.2, 0.25) is 0 Å². The van der Waals surface area contributed by atoms with Crippen molar-refractivity contribution in [2.24, 2.45) is 12.0 Å². The summed E-state index contributed by atoms with van der Waals surface area (Å²) in [6, 6.07) is 8.66. The summed E-state index contributed by atoms with van der Waals surface area (Å²) in [7, 11) is 3.64. The standard InChI is InChI=1S/C24H35N7O.HI/c1-25-24(30-13-14-31(23(32)19-30)22-16-27-28(2)18-22)26-15-20-9-5-6-10-21(20)17-29-11-7-3-4-8-12-29;/h5-6,9-10,16,18H,3-4,7-8,11-15,17,19H2,1-2H3,(H,25,26);1H. The Bertz CT molecular complexity index is 936. The number of aromatic nitrogens is 2. The maximum atomic E-state index is 12.8. The van der Waals surface area contributed by atoms with Crippen molar-refractivity contribution in [3.05, 3.63) is 47.8 Å². The zero-order chi connectivity index (χ0) is 22.3. The number of guanidine groups is 1. The van der Waals surface area contributed by atoms with E-state index in [1.165, 1.54) is 49.9 Å². The Balaban J connectivity index is 0.00000306. The van der Waals surface area contributed by atoms with Crippen LogP contribution in [0.15, 0.2) is 41.7 Å². The topological polar surface area (TPSA) is 69.0 Å². The van der Waals surface area contributed by atoms with E-state index in [4.69, 9.17) is 0 Å². The minimum absolute atomic E-state index is 0. The Kier molecular flexibility index (Phi) is 9.54. The van der Waals surface area contributed by atoms with Gasteiger partial charge in [-0.25, -0.2) is 0 Å². The molecule has 1 aromatic heterocycles. The summed E-state index contributed by atoms with van der Waals surface area (Å²) in [5.74, 6) is 0.836. The molecule has 1 aromatic carbocycles. The fourth-order valence-electron chi connectivity index (χ4n) is 4.60. The van der Waals surface area contributed by atoms with Gasteiger partial charge < -0.3 is 15.1 Å². The Morgan fingerprint density at radius 1 is 1.06 bits per heavy atom. The molecule has 0 radical (unpaired) electrons. The van der Waals surface area contributed by atoms with E-state index in [0.717, 1.165) is 24.7 Å². The van der Waals surface area contributed by atoms with Gasteiger partial charge in [-0.05, 0) is 37.1 Å². The number of amides is 1. The molecule has 2 aliphatic heterocycles. The Morgan fingerprint density at radius 2 is 1.79 bits per heavy atom. The maximum absolute atomic E-state index is 12.8. The van der Waals surface area contributed by atoms with Gasteiger partial charge in [0.05, 0.1) is 11.9 Å². The number of nitrogens with zero attached hydrogens (tertiary/aromatic N) is 6. The van der Waals surface area contributed by atoms with Crippen LogP contribution in [0.4, 0.5) is 5.69 Å². The van der Waals surface area contributed by atoms with Crippen molar-refractivity contribution in [1.82, 2.24) is 24.9 Å². The fraction of sp³-hybridized carbons (Fsp3) is 0.542. The highest BCUT2D eigenvalue weighted by Gasteiger charge is 2.27. The van der Waals surface area contributed by atoms with Crippen LogP contribution in [0, 0.1) is 0 Å². The predicted molar refractivity (Wildman–Crippen MR) is 143 cm³/mol. The molecule has 2 aromatic rings. The first-order valence-corrected chi connectivity index (χ1v) is 11.7. The number of hydrogen-bond donors (Lipinski definition) is 1. The lowest BCUT2D eigenvalue weighted by Gasteiger charge is -2.35. The van der Waals surface area contributed by atoms with Crippen molar-refractivity contribution >= 4 is 41.5 Å². The molecule has 1 amide bonds. The Labute approximate surface area is 214 Å². The first kappa shape index (κ1) is 25.5. The van der Waals surface area contributed by atoms with Crippen LogP contribution in [0.1, 0.15) is 36.8 Å². The second-order valence-electron chi connectivity index (χ2n) is 8.70. The zero-order valence-corrected chi connectivity index (χ0v) is 22.1. The lowest BCUT2D eigenvalue weighted by molar-refractivity contribution is -0.120. The lowest BCUT2D eigenvalue weighted by atomic mass is 10.1. The van der Waals surface area contributed by atoms with Crippen LogP contribution in [0.25, 0.3) is 0 Å². The van der Waals surface area contributed by atoms with Gasteiger partial charge in [-0.2, -0.15) is 5.10 Å². The third-order valence-corrected chi connectivity index (χ3v) is 6.38. The summed E-state index contributed by atoms with van der Waals surface area (Å²) in [5, 5.41) is 7.68. The lowest BCUT2D eigenvalue weighted by Crippen LogP contribution is -2.55. The summed E-state index contributed by atoms with van der Waals surface area (Å²) in [4.78, 5) is 23.6. The highest BCUT2D eigenvalue weighted by atomic mass is 127. The summed E-state index contributed by atoms with van der Waals surface area (Å²) in [6.45, 7) is 5.74. The number of benzene rings is 1. The van der Waals surface area contributed by atoms with Crippen molar-refractivity contribution in [3.8, 4) is 0 Å². The molecule has 1 N–H and O–H groups in total. The Morgan fingerprint density at radius 3 is 2.42 bits per heavy atom. The zero-order valence-electron chi connectivity index (χ0n) is 19.7. The van der Waals surface area contributed by atoms with Crippen molar-refractivity contribution < 1.29 is 4.79 Å². The number of carbonyl (C=O) groups excluding carboxylic acids is 1. The number of hydrogen-bond acceptors (Lipinski definition) is 4. The molecule has 0 spiro atoms. The van der Waals surface area contributed by atoms with Gasteiger partial charge in [-0.3, -0.25) is 19.4 Å². The Hall–Kier alpha value is -2.14. The molecular formula is C24H36IN7O. The van der Waals surface area contributed by atoms with Gasteiger partial charge in [0, 0.05) is 46.5 Å². The molecule has 4 rings (SSSR count). The van der Waals surface area contributed by atoms with E-state index in [0.29, 0.717) is 19.6 Å². The molecule has 0 saturated carbocycles. The molecule has 0 aliphatic carbocycles. The second-order valence-corrected chi connectivity index (χ2v) is 8.70. The van der Waals surface area contributed by atoms with Crippen molar-refractivity contribution in [2.45, 2.75) is 38.8 Å². The van der Waals surface area contributed by atoms with Crippen LogP contribution in [-0.4, -0.2) is 71.2 Å². The highest BCUT2D eigenvalue weighted by molar-refractivity contribution is 14.0. The molecule has 9 heteroatoms. The number of nitrogens with one attached hydrogen (secondary N) is 1. The summed E-state index contributed by atoms with van der Waals surface area (Å²) >= 11 is 0. The van der Waals surface area contributed by atoms with E-state index >= 15 is 0 Å². The molecule has 33 heavy (non-hydrogen) atoms. The number of likely N-dealkylation sites (tertiary alicyclic amines) is 1. The van der Waals surface area contributed by atoms with Crippen LogP contribution in [-0.2, 0) is 24.9 Å². The average Bonchev–Trinajstić information content (AvgIpc) is 3.06. The van der Waals surface area contributed by atoms with Crippen LogP contribution in [0.5, 0.6) is 0 Å². The van der Waals surface area contributed by atoms with Crippen molar-refractivity contribution in [3.63, 3.8) is 0 Å². The third-order valence-electron chi connectivity index (χ3n) is 6.38. The molecule has 2 aliphatic rings. The monoisotopic (exact) mass is 565 g/mol.